The van der Waals surface area contributed by atoms with Crippen LogP contribution in [-0.2, 0) is 0 Å². The predicted octanol–water partition coefficient (Wildman–Crippen LogP) is 5.22. The highest BCUT2D eigenvalue weighted by atomic mass is 14.8. The lowest BCUT2D eigenvalue weighted by Crippen LogP contribution is -2.18. The van der Waals surface area contributed by atoms with Gasteiger partial charge < -0.3 is 0 Å². The number of fused-ring (bicyclic) bond motifs is 2. The summed E-state index contributed by atoms with van der Waals surface area (Å²) in [5.41, 5.74) is 4.68. The van der Waals surface area contributed by atoms with Gasteiger partial charge in [0.2, 0.25) is 0 Å². The largest absolute Gasteiger partial charge is 0.103 e. The topological polar surface area (TPSA) is 0 Å². The summed E-state index contributed by atoms with van der Waals surface area (Å²) in [6.45, 7) is 8.96. The Morgan fingerprint density at radius 2 is 2.05 bits per heavy atom. The van der Waals surface area contributed by atoms with E-state index in [0.717, 1.165) is 46.8 Å². The number of hydrogen-bond acceptors (Lipinski definition) is 0. The zero-order valence-corrected chi connectivity index (χ0v) is 13.1. The summed E-state index contributed by atoms with van der Waals surface area (Å²) in [5.74, 6) is 7.13. The smallest absolute Gasteiger partial charge is 0.00455 e. The lowest BCUT2D eigenvalue weighted by molar-refractivity contribution is 0.268. The summed E-state index contributed by atoms with van der Waals surface area (Å²) in [6.07, 6.45) is 11.2. The standard InChI is InChI=1S/C20H28/c1-4-12-9-16(12)19-18(14-6-11(3)7-14)20(19)15(5-2)8-13-10-17(13)20/h4,11-13,15-17,19H,1,5-10H2,2-3H3. The van der Waals surface area contributed by atoms with Gasteiger partial charge in [0, 0.05) is 5.41 Å². The van der Waals surface area contributed by atoms with E-state index in [1.165, 1.54) is 25.7 Å². The Morgan fingerprint density at radius 1 is 1.25 bits per heavy atom. The van der Waals surface area contributed by atoms with Gasteiger partial charge in [-0.2, -0.15) is 0 Å². The zero-order valence-electron chi connectivity index (χ0n) is 13.1. The molecule has 5 aliphatic carbocycles. The molecule has 0 heterocycles. The van der Waals surface area contributed by atoms with Crippen molar-refractivity contribution in [3.05, 3.63) is 23.8 Å². The fourth-order valence-electron chi connectivity index (χ4n) is 6.74. The molecule has 20 heavy (non-hydrogen) atoms. The molecule has 5 rings (SSSR count). The molecule has 0 nitrogen and oxygen atoms in total. The molecule has 108 valence electrons. The molecule has 5 fully saturated rings. The normalized spacial score (nSPS) is 58.4. The average molecular weight is 268 g/mol. The molecule has 7 unspecified atom stereocenters. The van der Waals surface area contributed by atoms with Crippen molar-refractivity contribution in [3.63, 3.8) is 0 Å². The Morgan fingerprint density at radius 3 is 2.65 bits per heavy atom. The van der Waals surface area contributed by atoms with Crippen LogP contribution >= 0.6 is 0 Å². The van der Waals surface area contributed by atoms with E-state index in [0.29, 0.717) is 0 Å². The highest BCUT2D eigenvalue weighted by molar-refractivity contribution is 5.52. The summed E-state index contributed by atoms with van der Waals surface area (Å²) in [4.78, 5) is 0. The highest BCUT2D eigenvalue weighted by Crippen LogP contribution is 2.86. The second kappa shape index (κ2) is 3.62. The first-order valence-corrected chi connectivity index (χ1v) is 9.06. The van der Waals surface area contributed by atoms with E-state index in [-0.39, 0.29) is 0 Å². The molecule has 7 atom stereocenters. The van der Waals surface area contributed by atoms with E-state index in [9.17, 15) is 0 Å². The molecule has 0 N–H and O–H groups in total. The van der Waals surface area contributed by atoms with Gasteiger partial charge >= 0.3 is 0 Å². The predicted molar refractivity (Wildman–Crippen MR) is 83.1 cm³/mol. The molecule has 0 aliphatic heterocycles. The van der Waals surface area contributed by atoms with Gasteiger partial charge in [-0.25, -0.2) is 0 Å². The number of allylic oxidation sites excluding steroid dienone is 3. The van der Waals surface area contributed by atoms with Crippen LogP contribution < -0.4 is 0 Å². The van der Waals surface area contributed by atoms with Crippen molar-refractivity contribution >= 4 is 0 Å². The second-order valence-corrected chi connectivity index (χ2v) is 8.68. The van der Waals surface area contributed by atoms with E-state index in [2.05, 4.69) is 26.5 Å². The minimum absolute atomic E-state index is 0.733. The zero-order chi connectivity index (χ0) is 13.6. The van der Waals surface area contributed by atoms with Crippen LogP contribution in [0.5, 0.6) is 0 Å². The van der Waals surface area contributed by atoms with Crippen LogP contribution in [0.3, 0.4) is 0 Å². The minimum atomic E-state index is 0.733. The van der Waals surface area contributed by atoms with Crippen molar-refractivity contribution in [1.82, 2.24) is 0 Å². The molecule has 0 saturated heterocycles. The Balaban J connectivity index is 1.53. The molecule has 0 heteroatoms. The Kier molecular flexibility index (Phi) is 2.19. The summed E-state index contributed by atoms with van der Waals surface area (Å²) in [6, 6.07) is 0. The van der Waals surface area contributed by atoms with Crippen LogP contribution in [0.4, 0.5) is 0 Å². The minimum Gasteiger partial charge on any atom is -0.103 e. The van der Waals surface area contributed by atoms with Crippen molar-refractivity contribution in [2.75, 3.05) is 0 Å². The van der Waals surface area contributed by atoms with Gasteiger partial charge in [-0.1, -0.05) is 37.5 Å². The van der Waals surface area contributed by atoms with Gasteiger partial charge in [0.05, 0.1) is 0 Å². The highest BCUT2D eigenvalue weighted by Gasteiger charge is 2.79. The summed E-state index contributed by atoms with van der Waals surface area (Å²) < 4.78 is 0. The maximum Gasteiger partial charge on any atom is 0.00455 e. The van der Waals surface area contributed by atoms with Crippen molar-refractivity contribution < 1.29 is 0 Å². The van der Waals surface area contributed by atoms with Gasteiger partial charge in [-0.05, 0) is 73.5 Å². The molecular formula is C20H28. The summed E-state index contributed by atoms with van der Waals surface area (Å²) in [5, 5.41) is 0. The van der Waals surface area contributed by atoms with Crippen LogP contribution in [0.15, 0.2) is 23.8 Å². The van der Waals surface area contributed by atoms with Gasteiger partial charge in [0.25, 0.3) is 0 Å². The maximum atomic E-state index is 4.07. The Hall–Kier alpha value is -0.520. The van der Waals surface area contributed by atoms with Crippen LogP contribution in [-0.4, -0.2) is 0 Å². The van der Waals surface area contributed by atoms with Gasteiger partial charge in [0.1, 0.15) is 0 Å². The lowest BCUT2D eigenvalue weighted by Gasteiger charge is -2.28. The van der Waals surface area contributed by atoms with E-state index < -0.39 is 0 Å². The molecule has 0 bridgehead atoms. The fraction of sp³-hybridized carbons (Fsp3) is 0.800. The number of hydrogen-bond donors (Lipinski definition) is 0. The quantitative estimate of drug-likeness (QED) is 0.616. The van der Waals surface area contributed by atoms with E-state index in [1.54, 1.807) is 12.8 Å². The third-order valence-electron chi connectivity index (χ3n) is 7.69. The number of rotatable bonds is 3. The fourth-order valence-corrected chi connectivity index (χ4v) is 6.74. The molecule has 5 aliphatic rings. The lowest BCUT2D eigenvalue weighted by atomic mass is 9.77. The monoisotopic (exact) mass is 268 g/mol. The van der Waals surface area contributed by atoms with Crippen molar-refractivity contribution in [2.45, 2.75) is 52.4 Å². The van der Waals surface area contributed by atoms with Crippen molar-refractivity contribution in [3.8, 4) is 0 Å². The summed E-state index contributed by atoms with van der Waals surface area (Å²) in [7, 11) is 0. The van der Waals surface area contributed by atoms with E-state index >= 15 is 0 Å². The third kappa shape index (κ3) is 1.26. The Labute approximate surface area is 123 Å². The molecule has 5 saturated carbocycles. The molecule has 1 spiro atoms. The van der Waals surface area contributed by atoms with Gasteiger partial charge in [-0.3, -0.25) is 0 Å². The molecule has 0 amide bonds. The SMILES string of the molecule is C=CC1CC1C1C(=C2CC(C)C2)C12C(CC)CC1CC12. The first-order chi connectivity index (χ1) is 9.71. The first-order valence-electron chi connectivity index (χ1n) is 9.06. The first kappa shape index (κ1) is 12.1. The van der Waals surface area contributed by atoms with Crippen LogP contribution in [0.2, 0.25) is 0 Å². The van der Waals surface area contributed by atoms with E-state index in [1.807, 2.05) is 11.1 Å². The molecular weight excluding hydrogens is 240 g/mol. The van der Waals surface area contributed by atoms with E-state index in [4.69, 9.17) is 0 Å². The van der Waals surface area contributed by atoms with Crippen molar-refractivity contribution in [1.29, 1.82) is 0 Å². The molecule has 0 aromatic heterocycles. The average Bonchev–Trinajstić information content (AvgIpc) is 3.26. The van der Waals surface area contributed by atoms with Crippen molar-refractivity contribution in [2.24, 2.45) is 46.8 Å². The molecule has 0 radical (unpaired) electrons. The van der Waals surface area contributed by atoms with Crippen LogP contribution in [0.1, 0.15) is 52.4 Å². The Bertz CT molecular complexity index is 504. The van der Waals surface area contributed by atoms with Gasteiger partial charge in [0.15, 0.2) is 0 Å². The summed E-state index contributed by atoms with van der Waals surface area (Å²) >= 11 is 0. The van der Waals surface area contributed by atoms with Gasteiger partial charge in [-0.15, -0.1) is 6.58 Å². The molecule has 0 aromatic carbocycles. The third-order valence-corrected chi connectivity index (χ3v) is 7.69. The second-order valence-electron chi connectivity index (χ2n) is 8.68. The molecule has 0 aromatic rings. The van der Waals surface area contributed by atoms with Crippen LogP contribution in [0, 0.1) is 46.8 Å². The maximum absolute atomic E-state index is 4.07. The van der Waals surface area contributed by atoms with Crippen LogP contribution in [0.25, 0.3) is 0 Å².